The fraction of sp³-hybridized carbons (Fsp3) is 0.500. The number of nitrogens with zero attached hydrogens (tertiary/aromatic N) is 3. The molecule has 0 amide bonds. The van der Waals surface area contributed by atoms with E-state index in [1.807, 2.05) is 13.8 Å². The van der Waals surface area contributed by atoms with Crippen LogP contribution < -0.4 is 5.73 Å². The van der Waals surface area contributed by atoms with Crippen molar-refractivity contribution in [3.05, 3.63) is 28.7 Å². The molecule has 0 spiro atoms. The van der Waals surface area contributed by atoms with Crippen molar-refractivity contribution in [2.75, 3.05) is 0 Å². The molecular weight excluding hydrogens is 293 g/mol. The predicted octanol–water partition coefficient (Wildman–Crippen LogP) is 3.45. The quantitative estimate of drug-likeness (QED) is 0.945. The number of hydrogen-bond donors (Lipinski definition) is 1. The summed E-state index contributed by atoms with van der Waals surface area (Å²) in [6, 6.07) is 0.332. The lowest BCUT2D eigenvalue weighted by molar-refractivity contribution is -0.137. The Balaban J connectivity index is 2.61. The third kappa shape index (κ3) is 2.60. The highest BCUT2D eigenvalue weighted by Gasteiger charge is 2.32. The van der Waals surface area contributed by atoms with E-state index < -0.39 is 17.8 Å². The molecule has 2 rings (SSSR count). The van der Waals surface area contributed by atoms with Gasteiger partial charge in [0.1, 0.15) is 0 Å². The van der Waals surface area contributed by atoms with Crippen LogP contribution in [0.1, 0.15) is 37.7 Å². The maximum Gasteiger partial charge on any atom is 0.417 e. The highest BCUT2D eigenvalue weighted by atomic mass is 35.5. The van der Waals surface area contributed by atoms with Crippen molar-refractivity contribution < 1.29 is 13.2 Å². The molecule has 2 atom stereocenters. The molecule has 0 aromatic carbocycles. The van der Waals surface area contributed by atoms with Crippen LogP contribution >= 0.6 is 11.6 Å². The zero-order valence-electron chi connectivity index (χ0n) is 10.9. The monoisotopic (exact) mass is 306 g/mol. The van der Waals surface area contributed by atoms with Gasteiger partial charge in [0, 0.05) is 6.20 Å². The zero-order valence-corrected chi connectivity index (χ0v) is 11.7. The van der Waals surface area contributed by atoms with E-state index in [2.05, 4.69) is 10.2 Å². The molecule has 0 bridgehead atoms. The van der Waals surface area contributed by atoms with E-state index in [-0.39, 0.29) is 22.4 Å². The molecule has 110 valence electrons. The van der Waals surface area contributed by atoms with Crippen LogP contribution in [-0.4, -0.2) is 14.6 Å². The highest BCUT2D eigenvalue weighted by Crippen LogP contribution is 2.33. The van der Waals surface area contributed by atoms with Gasteiger partial charge in [-0.15, -0.1) is 10.2 Å². The Labute approximate surface area is 118 Å². The summed E-state index contributed by atoms with van der Waals surface area (Å²) in [6.45, 7) is 3.85. The SMILES string of the molecule is CCC(C)C(N)c1nnc2c(Cl)cc(C(F)(F)F)cn12. The summed E-state index contributed by atoms with van der Waals surface area (Å²) in [5.74, 6) is 0.345. The van der Waals surface area contributed by atoms with Crippen molar-refractivity contribution >= 4 is 17.2 Å². The van der Waals surface area contributed by atoms with E-state index in [0.29, 0.717) is 0 Å². The third-order valence-electron chi connectivity index (χ3n) is 3.37. The van der Waals surface area contributed by atoms with E-state index in [1.165, 1.54) is 4.40 Å². The van der Waals surface area contributed by atoms with Crippen molar-refractivity contribution in [2.45, 2.75) is 32.5 Å². The molecule has 2 aromatic rings. The predicted molar refractivity (Wildman–Crippen MR) is 69.4 cm³/mol. The second-order valence-corrected chi connectivity index (χ2v) is 5.14. The van der Waals surface area contributed by atoms with E-state index in [9.17, 15) is 13.2 Å². The number of rotatable bonds is 3. The maximum absolute atomic E-state index is 12.8. The van der Waals surface area contributed by atoms with Gasteiger partial charge in [-0.1, -0.05) is 31.9 Å². The maximum atomic E-state index is 12.8. The van der Waals surface area contributed by atoms with Crippen LogP contribution in [0.4, 0.5) is 13.2 Å². The summed E-state index contributed by atoms with van der Waals surface area (Å²) in [5, 5.41) is 7.60. The van der Waals surface area contributed by atoms with Crippen LogP contribution in [0.2, 0.25) is 5.02 Å². The van der Waals surface area contributed by atoms with Crippen molar-refractivity contribution in [1.82, 2.24) is 14.6 Å². The zero-order chi connectivity index (χ0) is 15.1. The van der Waals surface area contributed by atoms with Crippen molar-refractivity contribution in [3.63, 3.8) is 0 Å². The smallest absolute Gasteiger partial charge is 0.321 e. The van der Waals surface area contributed by atoms with Gasteiger partial charge in [-0.25, -0.2) is 0 Å². The van der Waals surface area contributed by atoms with Crippen molar-refractivity contribution in [3.8, 4) is 0 Å². The van der Waals surface area contributed by atoms with Crippen molar-refractivity contribution in [2.24, 2.45) is 11.7 Å². The normalized spacial score (nSPS) is 15.6. The number of pyridine rings is 1. The molecule has 0 saturated carbocycles. The molecule has 0 aliphatic carbocycles. The molecule has 8 heteroatoms. The fourth-order valence-electron chi connectivity index (χ4n) is 1.86. The Hall–Kier alpha value is -1.34. The van der Waals surface area contributed by atoms with Crippen LogP contribution in [-0.2, 0) is 6.18 Å². The van der Waals surface area contributed by atoms with Gasteiger partial charge < -0.3 is 5.73 Å². The standard InChI is InChI=1S/C12H14ClF3N4/c1-3-6(2)9(17)11-19-18-10-8(13)4-7(5-20(10)11)12(14,15)16/h4-6,9H,3,17H2,1-2H3. The summed E-state index contributed by atoms with van der Waals surface area (Å²) in [6.07, 6.45) is -2.78. The molecule has 2 unspecified atom stereocenters. The fourth-order valence-corrected chi connectivity index (χ4v) is 2.11. The molecule has 0 saturated heterocycles. The first kappa shape index (κ1) is 15.1. The number of fused-ring (bicyclic) bond motifs is 1. The average molecular weight is 307 g/mol. The molecule has 2 heterocycles. The average Bonchev–Trinajstić information content (AvgIpc) is 2.80. The lowest BCUT2D eigenvalue weighted by Crippen LogP contribution is -2.21. The van der Waals surface area contributed by atoms with Crippen LogP contribution in [0.15, 0.2) is 12.3 Å². The highest BCUT2D eigenvalue weighted by molar-refractivity contribution is 6.33. The Kier molecular flexibility index (Phi) is 3.93. The number of alkyl halides is 3. The second-order valence-electron chi connectivity index (χ2n) is 4.74. The molecule has 0 aliphatic rings. The van der Waals surface area contributed by atoms with Gasteiger partial charge in [-0.2, -0.15) is 13.2 Å². The number of halogens is 4. The largest absolute Gasteiger partial charge is 0.417 e. The first-order valence-electron chi connectivity index (χ1n) is 6.12. The molecule has 2 N–H and O–H groups in total. The minimum atomic E-state index is -4.49. The summed E-state index contributed by atoms with van der Waals surface area (Å²) in [7, 11) is 0. The van der Waals surface area contributed by atoms with Gasteiger partial charge >= 0.3 is 6.18 Å². The topological polar surface area (TPSA) is 56.2 Å². The molecular formula is C12H14ClF3N4. The van der Waals surface area contributed by atoms with Gasteiger partial charge in [0.2, 0.25) is 0 Å². The minimum absolute atomic E-state index is 0.0655. The molecule has 0 radical (unpaired) electrons. The first-order chi connectivity index (χ1) is 9.25. The molecule has 0 aliphatic heterocycles. The Bertz CT molecular complexity index is 623. The first-order valence-corrected chi connectivity index (χ1v) is 6.50. The molecule has 4 nitrogen and oxygen atoms in total. The molecule has 2 aromatic heterocycles. The Morgan fingerprint density at radius 2 is 2.05 bits per heavy atom. The molecule has 20 heavy (non-hydrogen) atoms. The van der Waals surface area contributed by atoms with Crippen LogP contribution in [0, 0.1) is 5.92 Å². The summed E-state index contributed by atoms with van der Waals surface area (Å²) in [5.41, 5.74) is 5.34. The van der Waals surface area contributed by atoms with E-state index in [4.69, 9.17) is 17.3 Å². The van der Waals surface area contributed by atoms with Gasteiger partial charge in [-0.05, 0) is 12.0 Å². The Morgan fingerprint density at radius 3 is 2.60 bits per heavy atom. The van der Waals surface area contributed by atoms with E-state index in [1.54, 1.807) is 0 Å². The Morgan fingerprint density at radius 1 is 1.40 bits per heavy atom. The third-order valence-corrected chi connectivity index (χ3v) is 3.65. The van der Waals surface area contributed by atoms with Crippen LogP contribution in [0.25, 0.3) is 5.65 Å². The minimum Gasteiger partial charge on any atom is -0.321 e. The van der Waals surface area contributed by atoms with Gasteiger partial charge in [0.15, 0.2) is 11.5 Å². The van der Waals surface area contributed by atoms with E-state index >= 15 is 0 Å². The van der Waals surface area contributed by atoms with Crippen LogP contribution in [0.3, 0.4) is 0 Å². The number of nitrogens with two attached hydrogens (primary N) is 1. The second kappa shape index (κ2) is 5.21. The lowest BCUT2D eigenvalue weighted by atomic mass is 9.99. The van der Waals surface area contributed by atoms with Gasteiger partial charge in [0.25, 0.3) is 0 Å². The van der Waals surface area contributed by atoms with Gasteiger partial charge in [0.05, 0.1) is 16.6 Å². The van der Waals surface area contributed by atoms with Gasteiger partial charge in [-0.3, -0.25) is 4.40 Å². The number of aromatic nitrogens is 3. The summed E-state index contributed by atoms with van der Waals surface area (Å²) < 4.78 is 39.7. The molecule has 0 fully saturated rings. The summed E-state index contributed by atoms with van der Waals surface area (Å²) in [4.78, 5) is 0. The lowest BCUT2D eigenvalue weighted by Gasteiger charge is -2.17. The van der Waals surface area contributed by atoms with Crippen LogP contribution in [0.5, 0.6) is 0 Å². The summed E-state index contributed by atoms with van der Waals surface area (Å²) >= 11 is 5.84. The number of hydrogen-bond acceptors (Lipinski definition) is 3. The van der Waals surface area contributed by atoms with E-state index in [0.717, 1.165) is 18.7 Å². The van der Waals surface area contributed by atoms with Crippen molar-refractivity contribution in [1.29, 1.82) is 0 Å².